The minimum absolute atomic E-state index is 0.0840. The van der Waals surface area contributed by atoms with Crippen LogP contribution in [0, 0.1) is 11.6 Å². The zero-order chi connectivity index (χ0) is 14.3. The SMILES string of the molecule is O=C(O)Cc1cn2cc(-c3cc(F)ccc3F)nc2s1. The summed E-state index contributed by atoms with van der Waals surface area (Å²) in [5, 5.41) is 8.71. The second-order valence-corrected chi connectivity index (χ2v) is 5.30. The molecular weight excluding hydrogens is 286 g/mol. The van der Waals surface area contributed by atoms with E-state index in [0.717, 1.165) is 18.2 Å². The average Bonchev–Trinajstić information content (AvgIpc) is 2.89. The van der Waals surface area contributed by atoms with Crippen molar-refractivity contribution in [3.63, 3.8) is 0 Å². The molecule has 0 unspecified atom stereocenters. The third kappa shape index (κ3) is 2.27. The largest absolute Gasteiger partial charge is 0.481 e. The van der Waals surface area contributed by atoms with Crippen molar-refractivity contribution in [2.45, 2.75) is 6.42 Å². The van der Waals surface area contributed by atoms with Crippen LogP contribution in [0.25, 0.3) is 16.2 Å². The van der Waals surface area contributed by atoms with Gasteiger partial charge in [-0.15, -0.1) is 11.3 Å². The van der Waals surface area contributed by atoms with Crippen LogP contribution in [-0.4, -0.2) is 20.5 Å². The summed E-state index contributed by atoms with van der Waals surface area (Å²) in [5.74, 6) is -2.02. The summed E-state index contributed by atoms with van der Waals surface area (Å²) in [5.41, 5.74) is 0.399. The molecular formula is C13H8F2N2O2S. The number of hydrogen-bond donors (Lipinski definition) is 1. The van der Waals surface area contributed by atoms with Crippen LogP contribution < -0.4 is 0 Å². The van der Waals surface area contributed by atoms with Gasteiger partial charge in [0.15, 0.2) is 4.96 Å². The molecule has 0 aliphatic heterocycles. The Hall–Kier alpha value is -2.28. The summed E-state index contributed by atoms with van der Waals surface area (Å²) in [6.45, 7) is 0. The van der Waals surface area contributed by atoms with Gasteiger partial charge in [-0.05, 0) is 18.2 Å². The van der Waals surface area contributed by atoms with E-state index in [9.17, 15) is 13.6 Å². The number of carboxylic acid groups (broad SMARTS) is 1. The number of hydrogen-bond acceptors (Lipinski definition) is 3. The van der Waals surface area contributed by atoms with Crippen molar-refractivity contribution in [3.8, 4) is 11.3 Å². The highest BCUT2D eigenvalue weighted by Gasteiger charge is 2.13. The highest BCUT2D eigenvalue weighted by Crippen LogP contribution is 2.26. The standard InChI is InChI=1S/C13H8F2N2O2S/c14-7-1-2-10(15)9(3-7)11-6-17-5-8(4-12(18)19)20-13(17)16-11/h1-3,5-6H,4H2,(H,18,19). The van der Waals surface area contributed by atoms with Crippen molar-refractivity contribution < 1.29 is 18.7 Å². The summed E-state index contributed by atoms with van der Waals surface area (Å²) in [4.78, 5) is 16.0. The van der Waals surface area contributed by atoms with Gasteiger partial charge in [0.2, 0.25) is 0 Å². The minimum Gasteiger partial charge on any atom is -0.481 e. The minimum atomic E-state index is -0.925. The van der Waals surface area contributed by atoms with Crippen LogP contribution in [0.4, 0.5) is 8.78 Å². The van der Waals surface area contributed by atoms with E-state index < -0.39 is 17.6 Å². The Morgan fingerprint density at radius 3 is 2.85 bits per heavy atom. The van der Waals surface area contributed by atoms with Gasteiger partial charge in [-0.1, -0.05) is 0 Å². The van der Waals surface area contributed by atoms with Crippen molar-refractivity contribution in [1.29, 1.82) is 0 Å². The van der Waals surface area contributed by atoms with Gasteiger partial charge in [-0.2, -0.15) is 0 Å². The first kappa shape index (κ1) is 12.7. The third-order valence-corrected chi connectivity index (χ3v) is 3.73. The Labute approximate surface area is 115 Å². The lowest BCUT2D eigenvalue weighted by Gasteiger charge is -1.98. The van der Waals surface area contributed by atoms with E-state index in [2.05, 4.69) is 4.98 Å². The first-order valence-electron chi connectivity index (χ1n) is 5.67. The predicted octanol–water partition coefficient (Wildman–Crippen LogP) is 2.97. The van der Waals surface area contributed by atoms with Crippen molar-refractivity contribution in [2.24, 2.45) is 0 Å². The molecule has 0 saturated carbocycles. The quantitative estimate of drug-likeness (QED) is 0.808. The lowest BCUT2D eigenvalue weighted by molar-refractivity contribution is -0.136. The number of aromatic nitrogens is 2. The number of fused-ring (bicyclic) bond motifs is 1. The maximum absolute atomic E-state index is 13.7. The fraction of sp³-hybridized carbons (Fsp3) is 0.0769. The first-order valence-corrected chi connectivity index (χ1v) is 6.49. The average molecular weight is 294 g/mol. The lowest BCUT2D eigenvalue weighted by Crippen LogP contribution is -1.97. The van der Waals surface area contributed by atoms with Crippen LogP contribution in [0.5, 0.6) is 0 Å². The van der Waals surface area contributed by atoms with Crippen LogP contribution in [0.15, 0.2) is 30.6 Å². The van der Waals surface area contributed by atoms with E-state index in [0.29, 0.717) is 15.5 Å². The molecule has 0 fully saturated rings. The second-order valence-electron chi connectivity index (χ2n) is 4.21. The van der Waals surface area contributed by atoms with Crippen LogP contribution in [0.1, 0.15) is 4.88 Å². The molecule has 3 aromatic rings. The summed E-state index contributed by atoms with van der Waals surface area (Å²) < 4.78 is 28.4. The normalized spacial score (nSPS) is 11.1. The number of aliphatic carboxylic acids is 1. The highest BCUT2D eigenvalue weighted by atomic mass is 32.1. The van der Waals surface area contributed by atoms with Gasteiger partial charge < -0.3 is 5.11 Å². The van der Waals surface area contributed by atoms with Crippen molar-refractivity contribution in [2.75, 3.05) is 0 Å². The molecule has 20 heavy (non-hydrogen) atoms. The topological polar surface area (TPSA) is 54.6 Å². The summed E-state index contributed by atoms with van der Waals surface area (Å²) in [6, 6.07) is 3.18. The number of benzene rings is 1. The molecule has 0 amide bonds. The molecule has 0 atom stereocenters. The monoisotopic (exact) mass is 294 g/mol. The van der Waals surface area contributed by atoms with Crippen LogP contribution in [-0.2, 0) is 11.2 Å². The van der Waals surface area contributed by atoms with E-state index in [1.54, 1.807) is 16.8 Å². The molecule has 3 rings (SSSR count). The predicted molar refractivity (Wildman–Crippen MR) is 69.8 cm³/mol. The van der Waals surface area contributed by atoms with E-state index >= 15 is 0 Å². The molecule has 0 aliphatic carbocycles. The zero-order valence-corrected chi connectivity index (χ0v) is 10.8. The second kappa shape index (κ2) is 4.68. The number of thiazole rings is 1. The molecule has 102 valence electrons. The Kier molecular flexibility index (Phi) is 2.98. The van der Waals surface area contributed by atoms with Gasteiger partial charge >= 0.3 is 5.97 Å². The van der Waals surface area contributed by atoms with E-state index in [1.165, 1.54) is 11.3 Å². The van der Waals surface area contributed by atoms with E-state index in [1.807, 2.05) is 0 Å². The summed E-state index contributed by atoms with van der Waals surface area (Å²) in [6.07, 6.45) is 3.09. The fourth-order valence-corrected chi connectivity index (χ4v) is 2.85. The number of carboxylic acids is 1. The number of halogens is 2. The van der Waals surface area contributed by atoms with E-state index in [-0.39, 0.29) is 12.0 Å². The molecule has 0 spiro atoms. The molecule has 0 saturated heterocycles. The summed E-state index contributed by atoms with van der Waals surface area (Å²) in [7, 11) is 0. The molecule has 0 aliphatic rings. The third-order valence-electron chi connectivity index (χ3n) is 2.73. The van der Waals surface area contributed by atoms with Crippen LogP contribution in [0.2, 0.25) is 0 Å². The molecule has 7 heteroatoms. The molecule has 1 aromatic carbocycles. The molecule has 1 N–H and O–H groups in total. The molecule has 4 nitrogen and oxygen atoms in total. The number of carbonyl (C=O) groups is 1. The van der Waals surface area contributed by atoms with E-state index in [4.69, 9.17) is 5.11 Å². The lowest BCUT2D eigenvalue weighted by atomic mass is 10.1. The molecule has 2 aromatic heterocycles. The van der Waals surface area contributed by atoms with Crippen LogP contribution in [0.3, 0.4) is 0 Å². The van der Waals surface area contributed by atoms with Gasteiger partial charge in [-0.25, -0.2) is 13.8 Å². The molecule has 0 bridgehead atoms. The van der Waals surface area contributed by atoms with Gasteiger partial charge in [0, 0.05) is 22.8 Å². The molecule has 0 radical (unpaired) electrons. The smallest absolute Gasteiger partial charge is 0.308 e. The zero-order valence-electron chi connectivity index (χ0n) is 10.0. The first-order chi connectivity index (χ1) is 9.52. The Balaban J connectivity index is 2.03. The number of rotatable bonds is 3. The number of nitrogens with zero attached hydrogens (tertiary/aromatic N) is 2. The van der Waals surface area contributed by atoms with Gasteiger partial charge in [-0.3, -0.25) is 9.20 Å². The summed E-state index contributed by atoms with van der Waals surface area (Å²) >= 11 is 1.21. The molecule has 2 heterocycles. The fourth-order valence-electron chi connectivity index (χ4n) is 1.90. The van der Waals surface area contributed by atoms with Crippen LogP contribution >= 0.6 is 11.3 Å². The van der Waals surface area contributed by atoms with Crippen molar-refractivity contribution in [3.05, 3.63) is 47.1 Å². The van der Waals surface area contributed by atoms with Crippen molar-refractivity contribution >= 4 is 22.3 Å². The van der Waals surface area contributed by atoms with Gasteiger partial charge in [0.05, 0.1) is 12.1 Å². The van der Waals surface area contributed by atoms with Gasteiger partial charge in [0.25, 0.3) is 0 Å². The Morgan fingerprint density at radius 1 is 1.35 bits per heavy atom. The highest BCUT2D eigenvalue weighted by molar-refractivity contribution is 7.17. The maximum atomic E-state index is 13.7. The Bertz CT molecular complexity index is 778. The maximum Gasteiger partial charge on any atom is 0.308 e. The number of imidazole rings is 1. The van der Waals surface area contributed by atoms with Gasteiger partial charge in [0.1, 0.15) is 11.6 Å². The Morgan fingerprint density at radius 2 is 2.15 bits per heavy atom. The van der Waals surface area contributed by atoms with Crippen molar-refractivity contribution in [1.82, 2.24) is 9.38 Å².